The van der Waals surface area contributed by atoms with Crippen LogP contribution in [0, 0.1) is 0 Å². The molecule has 0 aliphatic carbocycles. The van der Waals surface area contributed by atoms with Crippen molar-refractivity contribution in [1.29, 1.82) is 0 Å². The third kappa shape index (κ3) is 5.11. The molecule has 34 heavy (non-hydrogen) atoms. The summed E-state index contributed by atoms with van der Waals surface area (Å²) in [6.07, 6.45) is 3.12. The molecule has 0 radical (unpaired) electrons. The van der Waals surface area contributed by atoms with Crippen molar-refractivity contribution in [2.24, 2.45) is 0 Å². The number of nitrogens with zero attached hydrogens (tertiary/aromatic N) is 4. The van der Waals surface area contributed by atoms with Gasteiger partial charge < -0.3 is 19.1 Å². The van der Waals surface area contributed by atoms with Crippen LogP contribution in [0.1, 0.15) is 35.0 Å². The molecule has 0 aliphatic rings. The Bertz CT molecular complexity index is 1190. The topological polar surface area (TPSA) is 78.2 Å². The van der Waals surface area contributed by atoms with Crippen molar-refractivity contribution in [2.75, 3.05) is 25.7 Å². The number of benzene rings is 2. The van der Waals surface area contributed by atoms with Gasteiger partial charge in [-0.1, -0.05) is 31.2 Å². The maximum absolute atomic E-state index is 11.6. The number of aromatic nitrogens is 3. The zero-order chi connectivity index (χ0) is 23.9. The molecule has 0 spiro atoms. The van der Waals surface area contributed by atoms with E-state index in [0.29, 0.717) is 36.9 Å². The number of carbonyl (C=O) groups is 1. The molecular weight excluding hydrogens is 432 g/mol. The van der Waals surface area contributed by atoms with Crippen LogP contribution in [0.3, 0.4) is 0 Å². The van der Waals surface area contributed by atoms with Crippen LogP contribution in [0.15, 0.2) is 60.8 Å². The van der Waals surface area contributed by atoms with E-state index in [-0.39, 0.29) is 0 Å². The number of aldehydes is 1. The molecule has 0 saturated heterocycles. The highest BCUT2D eigenvalue weighted by Crippen LogP contribution is 2.29. The largest absolute Gasteiger partial charge is 0.497 e. The van der Waals surface area contributed by atoms with Gasteiger partial charge in [0.2, 0.25) is 5.88 Å². The Balaban J connectivity index is 1.78. The van der Waals surface area contributed by atoms with Crippen LogP contribution in [0.5, 0.6) is 17.4 Å². The third-order valence-electron chi connectivity index (χ3n) is 5.43. The van der Waals surface area contributed by atoms with E-state index in [1.807, 2.05) is 61.5 Å². The minimum Gasteiger partial charge on any atom is -0.497 e. The van der Waals surface area contributed by atoms with Crippen LogP contribution in [0.2, 0.25) is 0 Å². The first-order chi connectivity index (χ1) is 16.6. The number of imidazole rings is 1. The van der Waals surface area contributed by atoms with Crippen molar-refractivity contribution in [3.63, 3.8) is 0 Å². The van der Waals surface area contributed by atoms with Crippen LogP contribution in [0.25, 0.3) is 5.65 Å². The summed E-state index contributed by atoms with van der Waals surface area (Å²) in [6.45, 7) is 3.77. The number of methoxy groups -OCH3 is 2. The smallest absolute Gasteiger partial charge is 0.233 e. The first-order valence-electron chi connectivity index (χ1n) is 11.1. The Morgan fingerprint density at radius 3 is 2.03 bits per heavy atom. The molecule has 2 aromatic heterocycles. The van der Waals surface area contributed by atoms with Crippen LogP contribution in [-0.2, 0) is 13.1 Å². The van der Waals surface area contributed by atoms with E-state index in [1.54, 1.807) is 18.7 Å². The van der Waals surface area contributed by atoms with Gasteiger partial charge in [-0.05, 0) is 41.8 Å². The summed E-state index contributed by atoms with van der Waals surface area (Å²) >= 11 is 0. The fraction of sp³-hybridized carbons (Fsp3) is 0.269. The minimum atomic E-state index is 0.368. The molecule has 0 aliphatic heterocycles. The van der Waals surface area contributed by atoms with Gasteiger partial charge in [-0.25, -0.2) is 9.50 Å². The second-order valence-corrected chi connectivity index (χ2v) is 7.80. The zero-order valence-electron chi connectivity index (χ0n) is 19.6. The van der Waals surface area contributed by atoms with Gasteiger partial charge >= 0.3 is 0 Å². The molecule has 0 saturated carbocycles. The van der Waals surface area contributed by atoms with Crippen LogP contribution >= 0.6 is 0 Å². The van der Waals surface area contributed by atoms with Gasteiger partial charge in [0.25, 0.3) is 0 Å². The lowest BCUT2D eigenvalue weighted by atomic mass is 10.1. The Hall–Kier alpha value is -4.07. The van der Waals surface area contributed by atoms with E-state index < -0.39 is 0 Å². The normalized spacial score (nSPS) is 10.8. The van der Waals surface area contributed by atoms with Gasteiger partial charge in [-0.2, -0.15) is 0 Å². The van der Waals surface area contributed by atoms with Crippen molar-refractivity contribution in [3.8, 4) is 17.4 Å². The lowest BCUT2D eigenvalue weighted by molar-refractivity contribution is 0.111. The van der Waals surface area contributed by atoms with Crippen molar-refractivity contribution >= 4 is 17.6 Å². The summed E-state index contributed by atoms with van der Waals surface area (Å²) in [5.74, 6) is 2.05. The average Bonchev–Trinajstić information content (AvgIpc) is 3.30. The first-order valence-corrected chi connectivity index (χ1v) is 11.1. The first kappa shape index (κ1) is 23.1. The third-order valence-corrected chi connectivity index (χ3v) is 5.43. The van der Waals surface area contributed by atoms with E-state index in [4.69, 9.17) is 14.2 Å². The van der Waals surface area contributed by atoms with E-state index in [9.17, 15) is 4.79 Å². The quantitative estimate of drug-likeness (QED) is 0.304. The molecule has 0 atom stereocenters. The van der Waals surface area contributed by atoms with E-state index in [2.05, 4.69) is 15.0 Å². The summed E-state index contributed by atoms with van der Waals surface area (Å²) in [4.78, 5) is 18.3. The second-order valence-electron chi connectivity index (χ2n) is 7.80. The molecule has 0 bridgehead atoms. The molecule has 0 fully saturated rings. The minimum absolute atomic E-state index is 0.368. The average molecular weight is 461 g/mol. The fourth-order valence-electron chi connectivity index (χ4n) is 3.67. The maximum Gasteiger partial charge on any atom is 0.233 e. The second kappa shape index (κ2) is 10.7. The molecule has 0 unspecified atom stereocenters. The number of hydrogen-bond acceptors (Lipinski definition) is 7. The lowest BCUT2D eigenvalue weighted by Crippen LogP contribution is -2.23. The number of carbonyl (C=O) groups excluding carboxylic acids is 1. The lowest BCUT2D eigenvalue weighted by Gasteiger charge is -2.26. The maximum atomic E-state index is 11.6. The highest BCUT2D eigenvalue weighted by molar-refractivity contribution is 5.78. The number of rotatable bonds is 11. The summed E-state index contributed by atoms with van der Waals surface area (Å²) in [6, 6.07) is 17.8. The SMILES string of the molecule is CCCOc1cc(N(Cc2ccc(OC)cc2)Cc2ccc(OC)cc2)c2ncc(C=O)n2n1. The number of hydrogen-bond donors (Lipinski definition) is 0. The fourth-order valence-corrected chi connectivity index (χ4v) is 3.67. The Kier molecular flexibility index (Phi) is 7.27. The molecule has 4 rings (SSSR count). The van der Waals surface area contributed by atoms with E-state index in [1.165, 1.54) is 6.20 Å². The monoisotopic (exact) mass is 460 g/mol. The Morgan fingerprint density at radius 1 is 0.941 bits per heavy atom. The molecule has 176 valence electrons. The Morgan fingerprint density at radius 2 is 1.53 bits per heavy atom. The molecule has 0 N–H and O–H groups in total. The number of ether oxygens (including phenoxy) is 3. The van der Waals surface area contributed by atoms with E-state index >= 15 is 0 Å². The van der Waals surface area contributed by atoms with Crippen LogP contribution < -0.4 is 19.1 Å². The molecule has 8 nitrogen and oxygen atoms in total. The molecule has 4 aromatic rings. The molecule has 2 aromatic carbocycles. The van der Waals surface area contributed by atoms with Crippen molar-refractivity contribution in [1.82, 2.24) is 14.6 Å². The number of anilines is 1. The molecular formula is C26H28N4O4. The molecule has 0 amide bonds. The highest BCUT2D eigenvalue weighted by atomic mass is 16.5. The van der Waals surface area contributed by atoms with Crippen LogP contribution in [-0.4, -0.2) is 41.7 Å². The van der Waals surface area contributed by atoms with Crippen molar-refractivity contribution in [2.45, 2.75) is 26.4 Å². The van der Waals surface area contributed by atoms with Crippen molar-refractivity contribution < 1.29 is 19.0 Å². The van der Waals surface area contributed by atoms with Crippen LogP contribution in [0.4, 0.5) is 5.69 Å². The van der Waals surface area contributed by atoms with Gasteiger partial charge in [0.1, 0.15) is 17.2 Å². The van der Waals surface area contributed by atoms with Gasteiger partial charge in [0.05, 0.1) is 32.7 Å². The van der Waals surface area contributed by atoms with Gasteiger partial charge in [0, 0.05) is 19.2 Å². The highest BCUT2D eigenvalue weighted by Gasteiger charge is 2.18. The summed E-state index contributed by atoms with van der Waals surface area (Å²) in [5, 5.41) is 4.49. The van der Waals surface area contributed by atoms with Gasteiger partial charge in [0.15, 0.2) is 11.9 Å². The van der Waals surface area contributed by atoms with Gasteiger partial charge in [-0.3, -0.25) is 4.79 Å². The Labute approximate surface area is 198 Å². The van der Waals surface area contributed by atoms with Gasteiger partial charge in [-0.15, -0.1) is 5.10 Å². The molecule has 8 heteroatoms. The zero-order valence-corrected chi connectivity index (χ0v) is 19.6. The van der Waals surface area contributed by atoms with Crippen molar-refractivity contribution in [3.05, 3.63) is 77.6 Å². The molecule has 2 heterocycles. The predicted molar refractivity (Wildman–Crippen MR) is 130 cm³/mol. The summed E-state index contributed by atoms with van der Waals surface area (Å²) < 4.78 is 18.0. The van der Waals surface area contributed by atoms with E-state index in [0.717, 1.165) is 41.0 Å². The summed E-state index contributed by atoms with van der Waals surface area (Å²) in [5.41, 5.74) is 3.98. The predicted octanol–water partition coefficient (Wildman–Crippen LogP) is 4.55. The number of fused-ring (bicyclic) bond motifs is 1. The standard InChI is InChI=1S/C26H28N4O4/c1-4-13-34-25-14-24(26-27-15-21(18-31)30(26)28-25)29(16-19-5-9-22(32-2)10-6-19)17-20-7-11-23(33-3)12-8-20/h5-12,14-15,18H,4,13,16-17H2,1-3H3. The summed E-state index contributed by atoms with van der Waals surface area (Å²) in [7, 11) is 3.30.